The van der Waals surface area contributed by atoms with E-state index in [1.54, 1.807) is 0 Å². The quantitative estimate of drug-likeness (QED) is 0.599. The molecular weight excluding hydrogens is 172 g/mol. The highest BCUT2D eigenvalue weighted by Crippen LogP contribution is 1.99. The number of carboxylic acid groups (broad SMARTS) is 1. The Morgan fingerprint density at radius 1 is 1.54 bits per heavy atom. The first-order valence-corrected chi connectivity index (χ1v) is 4.48. The number of carboxylic acids is 1. The van der Waals surface area contributed by atoms with Gasteiger partial charge in [-0.1, -0.05) is 0 Å². The Morgan fingerprint density at radius 2 is 2.15 bits per heavy atom. The van der Waals surface area contributed by atoms with Crippen LogP contribution in [0.15, 0.2) is 0 Å². The highest BCUT2D eigenvalue weighted by Gasteiger charge is 2.15. The smallest absolute Gasteiger partial charge is 0.320 e. The normalized spacial score (nSPS) is 21.3. The average molecular weight is 188 g/mol. The molecule has 0 aromatic heterocycles. The molecule has 76 valence electrons. The number of hydrogen-bond acceptors (Lipinski definition) is 4. The fourth-order valence-electron chi connectivity index (χ4n) is 1.27. The summed E-state index contributed by atoms with van der Waals surface area (Å²) in [6, 6.07) is -0.733. The third-order valence-electron chi connectivity index (χ3n) is 2.18. The molecule has 1 aliphatic heterocycles. The van der Waals surface area contributed by atoms with Crippen LogP contribution in [0.25, 0.3) is 0 Å². The van der Waals surface area contributed by atoms with E-state index in [9.17, 15) is 4.79 Å². The zero-order chi connectivity index (χ0) is 9.68. The van der Waals surface area contributed by atoms with Crippen molar-refractivity contribution in [2.75, 3.05) is 32.8 Å². The molecule has 0 radical (unpaired) electrons. The van der Waals surface area contributed by atoms with Gasteiger partial charge in [-0.25, -0.2) is 0 Å². The molecule has 3 N–H and O–H groups in total. The zero-order valence-corrected chi connectivity index (χ0v) is 7.61. The second-order valence-corrected chi connectivity index (χ2v) is 3.19. The molecule has 1 saturated heterocycles. The van der Waals surface area contributed by atoms with E-state index in [1.807, 2.05) is 0 Å². The molecule has 0 aromatic rings. The molecule has 1 fully saturated rings. The van der Waals surface area contributed by atoms with Gasteiger partial charge in [0, 0.05) is 19.6 Å². The summed E-state index contributed by atoms with van der Waals surface area (Å²) in [5, 5.41) is 8.54. The van der Waals surface area contributed by atoms with Crippen LogP contribution in [-0.4, -0.2) is 54.9 Å². The van der Waals surface area contributed by atoms with Crippen molar-refractivity contribution in [1.29, 1.82) is 0 Å². The number of carbonyl (C=O) groups is 1. The SMILES string of the molecule is N[C@@H](CCN1CCOCC1)C(=O)O. The van der Waals surface area contributed by atoms with Crippen molar-refractivity contribution in [2.45, 2.75) is 12.5 Å². The van der Waals surface area contributed by atoms with Gasteiger partial charge >= 0.3 is 5.97 Å². The molecular formula is C8H16N2O3. The molecule has 0 bridgehead atoms. The fourth-order valence-corrected chi connectivity index (χ4v) is 1.27. The second-order valence-electron chi connectivity index (χ2n) is 3.19. The summed E-state index contributed by atoms with van der Waals surface area (Å²) in [6.07, 6.45) is 0.509. The predicted molar refractivity (Wildman–Crippen MR) is 47.5 cm³/mol. The Morgan fingerprint density at radius 3 is 2.69 bits per heavy atom. The van der Waals surface area contributed by atoms with E-state index in [1.165, 1.54) is 0 Å². The Kier molecular flexibility index (Phi) is 4.14. The fraction of sp³-hybridized carbons (Fsp3) is 0.875. The lowest BCUT2D eigenvalue weighted by atomic mass is 10.2. The van der Waals surface area contributed by atoms with Crippen molar-refractivity contribution in [3.8, 4) is 0 Å². The average Bonchev–Trinajstić information content (AvgIpc) is 2.15. The van der Waals surface area contributed by atoms with Crippen LogP contribution in [-0.2, 0) is 9.53 Å². The minimum Gasteiger partial charge on any atom is -0.480 e. The van der Waals surface area contributed by atoms with Crippen LogP contribution in [0.1, 0.15) is 6.42 Å². The number of morpholine rings is 1. The van der Waals surface area contributed by atoms with Crippen molar-refractivity contribution in [3.05, 3.63) is 0 Å². The molecule has 13 heavy (non-hydrogen) atoms. The number of hydrogen-bond donors (Lipinski definition) is 2. The summed E-state index contributed by atoms with van der Waals surface area (Å²) in [6.45, 7) is 3.99. The van der Waals surface area contributed by atoms with Crippen LogP contribution in [0, 0.1) is 0 Å². The molecule has 1 heterocycles. The standard InChI is InChI=1S/C8H16N2O3/c9-7(8(11)12)1-2-10-3-5-13-6-4-10/h7H,1-6,9H2,(H,11,12)/t7-/m0/s1. The molecule has 5 heteroatoms. The summed E-state index contributed by atoms with van der Waals surface area (Å²) >= 11 is 0. The van der Waals surface area contributed by atoms with E-state index in [-0.39, 0.29) is 0 Å². The maximum absolute atomic E-state index is 10.4. The van der Waals surface area contributed by atoms with E-state index < -0.39 is 12.0 Å². The van der Waals surface area contributed by atoms with E-state index in [4.69, 9.17) is 15.6 Å². The van der Waals surface area contributed by atoms with E-state index in [0.29, 0.717) is 6.42 Å². The van der Waals surface area contributed by atoms with Gasteiger partial charge in [0.25, 0.3) is 0 Å². The topological polar surface area (TPSA) is 75.8 Å². The van der Waals surface area contributed by atoms with Gasteiger partial charge < -0.3 is 15.6 Å². The summed E-state index contributed by atoms with van der Waals surface area (Å²) in [4.78, 5) is 12.6. The van der Waals surface area contributed by atoms with Crippen LogP contribution in [0.5, 0.6) is 0 Å². The summed E-state index contributed by atoms with van der Waals surface area (Å²) in [5.41, 5.74) is 5.38. The summed E-state index contributed by atoms with van der Waals surface area (Å²) in [7, 11) is 0. The first-order valence-electron chi connectivity index (χ1n) is 4.48. The van der Waals surface area contributed by atoms with Gasteiger partial charge in [-0.3, -0.25) is 9.69 Å². The van der Waals surface area contributed by atoms with Crippen LogP contribution in [0.2, 0.25) is 0 Å². The van der Waals surface area contributed by atoms with Crippen LogP contribution >= 0.6 is 0 Å². The van der Waals surface area contributed by atoms with Crippen LogP contribution in [0.3, 0.4) is 0 Å². The lowest BCUT2D eigenvalue weighted by Gasteiger charge is -2.26. The second kappa shape index (κ2) is 5.16. The van der Waals surface area contributed by atoms with Gasteiger partial charge in [0.1, 0.15) is 6.04 Å². The van der Waals surface area contributed by atoms with Gasteiger partial charge in [0.2, 0.25) is 0 Å². The van der Waals surface area contributed by atoms with E-state index >= 15 is 0 Å². The van der Waals surface area contributed by atoms with Gasteiger partial charge in [0.15, 0.2) is 0 Å². The van der Waals surface area contributed by atoms with E-state index in [2.05, 4.69) is 4.90 Å². The summed E-state index contributed by atoms with van der Waals surface area (Å²) < 4.78 is 5.16. The molecule has 1 rings (SSSR count). The van der Waals surface area contributed by atoms with Gasteiger partial charge in [-0.05, 0) is 6.42 Å². The third kappa shape index (κ3) is 3.71. The molecule has 5 nitrogen and oxygen atoms in total. The maximum atomic E-state index is 10.4. The summed E-state index contributed by atoms with van der Waals surface area (Å²) in [5.74, 6) is -0.923. The van der Waals surface area contributed by atoms with Gasteiger partial charge in [-0.2, -0.15) is 0 Å². The molecule has 1 aliphatic rings. The molecule has 0 spiro atoms. The molecule has 0 unspecified atom stereocenters. The third-order valence-corrected chi connectivity index (χ3v) is 2.18. The molecule has 0 amide bonds. The van der Waals surface area contributed by atoms with Crippen molar-refractivity contribution in [1.82, 2.24) is 4.90 Å². The van der Waals surface area contributed by atoms with Crippen LogP contribution < -0.4 is 5.73 Å². The number of aliphatic carboxylic acids is 1. The first kappa shape index (κ1) is 10.4. The Labute approximate surface area is 77.5 Å². The number of nitrogens with zero attached hydrogens (tertiary/aromatic N) is 1. The number of nitrogens with two attached hydrogens (primary N) is 1. The predicted octanol–water partition coefficient (Wildman–Crippen LogP) is -0.879. The zero-order valence-electron chi connectivity index (χ0n) is 7.61. The Balaban J connectivity index is 2.13. The molecule has 0 aliphatic carbocycles. The number of rotatable bonds is 4. The Hall–Kier alpha value is -0.650. The van der Waals surface area contributed by atoms with Crippen molar-refractivity contribution >= 4 is 5.97 Å². The monoisotopic (exact) mass is 188 g/mol. The highest BCUT2D eigenvalue weighted by molar-refractivity contribution is 5.72. The van der Waals surface area contributed by atoms with Crippen molar-refractivity contribution < 1.29 is 14.6 Å². The van der Waals surface area contributed by atoms with E-state index in [0.717, 1.165) is 32.8 Å². The molecule has 0 saturated carbocycles. The van der Waals surface area contributed by atoms with Gasteiger partial charge in [-0.15, -0.1) is 0 Å². The number of ether oxygens (including phenoxy) is 1. The minimum atomic E-state index is -0.923. The lowest BCUT2D eigenvalue weighted by Crippen LogP contribution is -2.40. The van der Waals surface area contributed by atoms with Gasteiger partial charge in [0.05, 0.1) is 13.2 Å². The maximum Gasteiger partial charge on any atom is 0.320 e. The largest absolute Gasteiger partial charge is 0.480 e. The lowest BCUT2D eigenvalue weighted by molar-refractivity contribution is -0.138. The molecule has 1 atom stereocenters. The molecule has 0 aromatic carbocycles. The first-order chi connectivity index (χ1) is 6.20. The van der Waals surface area contributed by atoms with Crippen molar-refractivity contribution in [3.63, 3.8) is 0 Å². The van der Waals surface area contributed by atoms with Crippen LogP contribution in [0.4, 0.5) is 0 Å². The van der Waals surface area contributed by atoms with Crippen molar-refractivity contribution in [2.24, 2.45) is 5.73 Å². The highest BCUT2D eigenvalue weighted by atomic mass is 16.5. The minimum absolute atomic E-state index is 0.509. The Bertz CT molecular complexity index is 169.